The third kappa shape index (κ3) is 4.69. The van der Waals surface area contributed by atoms with Gasteiger partial charge in [0.1, 0.15) is 17.8 Å². The Bertz CT molecular complexity index is 914. The van der Waals surface area contributed by atoms with Gasteiger partial charge in [0.25, 0.3) is 0 Å². The lowest BCUT2D eigenvalue weighted by Gasteiger charge is -2.12. The number of ether oxygens (including phenoxy) is 1. The van der Waals surface area contributed by atoms with E-state index in [0.717, 1.165) is 5.75 Å². The fraction of sp³-hybridized carbons (Fsp3) is 0.158. The summed E-state index contributed by atoms with van der Waals surface area (Å²) in [5, 5.41) is 17.4. The number of nitrogens with zero attached hydrogens (tertiary/aromatic N) is 3. The molecule has 0 aliphatic heterocycles. The quantitative estimate of drug-likeness (QED) is 0.460. The van der Waals surface area contributed by atoms with E-state index in [9.17, 15) is 10.1 Å². The second-order valence-corrected chi connectivity index (χ2v) is 6.04. The van der Waals surface area contributed by atoms with Crippen molar-refractivity contribution in [3.8, 4) is 11.5 Å². The highest BCUT2D eigenvalue weighted by molar-refractivity contribution is 5.74. The van der Waals surface area contributed by atoms with Gasteiger partial charge in [-0.05, 0) is 50.2 Å². The average molecular weight is 365 g/mol. The Labute approximate surface area is 156 Å². The minimum absolute atomic E-state index is 0.000804. The fourth-order valence-electron chi connectivity index (χ4n) is 2.39. The summed E-state index contributed by atoms with van der Waals surface area (Å²) in [5.74, 6) is 1.69. The molecule has 0 unspecified atom stereocenters. The fourth-order valence-corrected chi connectivity index (χ4v) is 2.39. The van der Waals surface area contributed by atoms with Crippen molar-refractivity contribution in [2.75, 3.05) is 10.6 Å². The van der Waals surface area contributed by atoms with Crippen LogP contribution in [0.1, 0.15) is 13.8 Å². The van der Waals surface area contributed by atoms with Gasteiger partial charge in [0.05, 0.1) is 4.92 Å². The van der Waals surface area contributed by atoms with Crippen molar-refractivity contribution < 1.29 is 9.66 Å². The van der Waals surface area contributed by atoms with Crippen LogP contribution in [-0.4, -0.2) is 20.9 Å². The minimum Gasteiger partial charge on any atom is -0.457 e. The third-order valence-electron chi connectivity index (χ3n) is 3.53. The van der Waals surface area contributed by atoms with Crippen molar-refractivity contribution in [1.29, 1.82) is 0 Å². The lowest BCUT2D eigenvalue weighted by Crippen LogP contribution is -2.14. The Kier molecular flexibility index (Phi) is 5.46. The average Bonchev–Trinajstić information content (AvgIpc) is 2.63. The molecule has 0 saturated carbocycles. The van der Waals surface area contributed by atoms with E-state index in [1.165, 1.54) is 6.33 Å². The van der Waals surface area contributed by atoms with Crippen LogP contribution in [0.5, 0.6) is 11.5 Å². The molecule has 3 rings (SSSR count). The number of rotatable bonds is 7. The van der Waals surface area contributed by atoms with E-state index in [0.29, 0.717) is 11.4 Å². The van der Waals surface area contributed by atoms with Crippen LogP contribution in [0.15, 0.2) is 60.9 Å². The first-order valence-electron chi connectivity index (χ1n) is 8.39. The molecule has 0 atom stereocenters. The molecule has 0 radical (unpaired) electrons. The number of nitro groups is 1. The molecule has 27 heavy (non-hydrogen) atoms. The second kappa shape index (κ2) is 8.13. The zero-order valence-electron chi connectivity index (χ0n) is 14.9. The van der Waals surface area contributed by atoms with Gasteiger partial charge in [-0.25, -0.2) is 9.97 Å². The monoisotopic (exact) mass is 365 g/mol. The molecular weight excluding hydrogens is 346 g/mol. The number of aromatic nitrogens is 2. The zero-order chi connectivity index (χ0) is 19.2. The van der Waals surface area contributed by atoms with Crippen molar-refractivity contribution in [1.82, 2.24) is 9.97 Å². The molecule has 2 N–H and O–H groups in total. The smallest absolute Gasteiger partial charge is 0.353 e. The van der Waals surface area contributed by atoms with Crippen LogP contribution >= 0.6 is 0 Å². The van der Waals surface area contributed by atoms with Gasteiger partial charge in [0.15, 0.2) is 0 Å². The molecule has 0 spiro atoms. The topological polar surface area (TPSA) is 102 Å². The summed E-state index contributed by atoms with van der Waals surface area (Å²) >= 11 is 0. The van der Waals surface area contributed by atoms with Crippen LogP contribution in [0.2, 0.25) is 0 Å². The first-order chi connectivity index (χ1) is 13.0. The van der Waals surface area contributed by atoms with Crippen molar-refractivity contribution in [2.24, 2.45) is 0 Å². The SMILES string of the molecule is CC(C)Nc1ncnc(Nc2ccc(Oc3ccccc3)cc2)c1[N+](=O)[O-]. The number of nitrogens with one attached hydrogen (secondary N) is 2. The molecule has 0 saturated heterocycles. The number of hydrogen-bond donors (Lipinski definition) is 2. The Balaban J connectivity index is 1.80. The predicted molar refractivity (Wildman–Crippen MR) is 104 cm³/mol. The number of anilines is 3. The van der Waals surface area contributed by atoms with Gasteiger partial charge in [-0.2, -0.15) is 0 Å². The highest BCUT2D eigenvalue weighted by Crippen LogP contribution is 2.32. The maximum atomic E-state index is 11.5. The third-order valence-corrected chi connectivity index (χ3v) is 3.53. The Morgan fingerprint density at radius 1 is 0.963 bits per heavy atom. The molecule has 2 aromatic carbocycles. The summed E-state index contributed by atoms with van der Waals surface area (Å²) in [6, 6.07) is 16.5. The molecule has 1 aromatic heterocycles. The van der Waals surface area contributed by atoms with E-state index in [4.69, 9.17) is 4.74 Å². The van der Waals surface area contributed by atoms with Gasteiger partial charge in [-0.1, -0.05) is 18.2 Å². The summed E-state index contributed by atoms with van der Waals surface area (Å²) < 4.78 is 5.74. The first kappa shape index (κ1) is 18.1. The molecule has 0 aliphatic carbocycles. The van der Waals surface area contributed by atoms with Crippen LogP contribution in [0, 0.1) is 10.1 Å². The van der Waals surface area contributed by atoms with Crippen molar-refractivity contribution in [2.45, 2.75) is 19.9 Å². The van der Waals surface area contributed by atoms with Gasteiger partial charge >= 0.3 is 5.69 Å². The predicted octanol–water partition coefficient (Wildman–Crippen LogP) is 4.74. The lowest BCUT2D eigenvalue weighted by molar-refractivity contribution is -0.383. The summed E-state index contributed by atoms with van der Waals surface area (Å²) in [5.41, 5.74) is 0.448. The molecule has 0 amide bonds. The van der Waals surface area contributed by atoms with E-state index < -0.39 is 4.92 Å². The van der Waals surface area contributed by atoms with Crippen LogP contribution in [0.25, 0.3) is 0 Å². The molecule has 3 aromatic rings. The molecule has 8 nitrogen and oxygen atoms in total. The van der Waals surface area contributed by atoms with Crippen LogP contribution in [0.3, 0.4) is 0 Å². The highest BCUT2D eigenvalue weighted by Gasteiger charge is 2.23. The van der Waals surface area contributed by atoms with E-state index >= 15 is 0 Å². The van der Waals surface area contributed by atoms with Gasteiger partial charge in [0.2, 0.25) is 11.6 Å². The summed E-state index contributed by atoms with van der Waals surface area (Å²) in [6.45, 7) is 3.76. The zero-order valence-corrected chi connectivity index (χ0v) is 14.9. The van der Waals surface area contributed by atoms with Crippen LogP contribution in [0.4, 0.5) is 23.0 Å². The van der Waals surface area contributed by atoms with Crippen LogP contribution in [-0.2, 0) is 0 Å². The Morgan fingerprint density at radius 3 is 2.22 bits per heavy atom. The number of hydrogen-bond acceptors (Lipinski definition) is 7. The molecule has 138 valence electrons. The molecule has 0 aliphatic rings. The minimum atomic E-state index is -0.500. The van der Waals surface area contributed by atoms with Crippen molar-refractivity contribution in [3.63, 3.8) is 0 Å². The largest absolute Gasteiger partial charge is 0.457 e. The van der Waals surface area contributed by atoms with Gasteiger partial charge in [0, 0.05) is 11.7 Å². The van der Waals surface area contributed by atoms with Gasteiger partial charge < -0.3 is 15.4 Å². The van der Waals surface area contributed by atoms with Gasteiger partial charge in [-0.15, -0.1) is 0 Å². The molecule has 1 heterocycles. The Morgan fingerprint density at radius 2 is 1.59 bits per heavy atom. The lowest BCUT2D eigenvalue weighted by atomic mass is 10.3. The molecule has 0 fully saturated rings. The molecule has 0 bridgehead atoms. The Hall–Kier alpha value is -3.68. The van der Waals surface area contributed by atoms with E-state index in [1.807, 2.05) is 44.2 Å². The summed E-state index contributed by atoms with van der Waals surface area (Å²) in [7, 11) is 0. The summed E-state index contributed by atoms with van der Waals surface area (Å²) in [6.07, 6.45) is 1.28. The van der Waals surface area contributed by atoms with Crippen molar-refractivity contribution >= 4 is 23.0 Å². The van der Waals surface area contributed by atoms with E-state index in [2.05, 4.69) is 20.6 Å². The number of para-hydroxylation sites is 1. The molecular formula is C19H19N5O3. The van der Waals surface area contributed by atoms with Crippen LogP contribution < -0.4 is 15.4 Å². The van der Waals surface area contributed by atoms with Crippen molar-refractivity contribution in [3.05, 3.63) is 71.0 Å². The normalized spacial score (nSPS) is 10.5. The highest BCUT2D eigenvalue weighted by atomic mass is 16.6. The second-order valence-electron chi connectivity index (χ2n) is 6.04. The number of benzene rings is 2. The molecule has 8 heteroatoms. The summed E-state index contributed by atoms with van der Waals surface area (Å²) in [4.78, 5) is 19.0. The maximum absolute atomic E-state index is 11.5. The van der Waals surface area contributed by atoms with E-state index in [-0.39, 0.29) is 23.4 Å². The maximum Gasteiger partial charge on any atom is 0.353 e. The van der Waals surface area contributed by atoms with Gasteiger partial charge in [-0.3, -0.25) is 10.1 Å². The first-order valence-corrected chi connectivity index (χ1v) is 8.39. The van der Waals surface area contributed by atoms with E-state index in [1.54, 1.807) is 24.3 Å². The standard InChI is InChI=1S/C19H19N5O3/c1-13(2)22-18-17(24(25)26)19(21-12-20-18)23-14-8-10-16(11-9-14)27-15-6-4-3-5-7-15/h3-13H,1-2H3,(H2,20,21,22,23).